The summed E-state index contributed by atoms with van der Waals surface area (Å²) >= 11 is 0. The molecule has 0 aromatic heterocycles. The van der Waals surface area contributed by atoms with E-state index in [1.54, 1.807) is 6.92 Å². The minimum absolute atomic E-state index is 0.293. The van der Waals surface area contributed by atoms with Crippen LogP contribution in [0.5, 0.6) is 0 Å². The summed E-state index contributed by atoms with van der Waals surface area (Å²) in [6.45, 7) is 1.20. The number of halogens is 1. The van der Waals surface area contributed by atoms with E-state index in [0.29, 0.717) is 0 Å². The van der Waals surface area contributed by atoms with Crippen LogP contribution >= 0.6 is 0 Å². The Balaban J connectivity index is 2.71. The summed E-state index contributed by atoms with van der Waals surface area (Å²) in [5, 5.41) is 21.2. The normalized spacial score (nSPS) is 35.6. The van der Waals surface area contributed by atoms with Crippen molar-refractivity contribution in [3.05, 3.63) is 0 Å². The van der Waals surface area contributed by atoms with Gasteiger partial charge in [0.1, 0.15) is 12.2 Å². The third kappa shape index (κ3) is 3.86. The van der Waals surface area contributed by atoms with Gasteiger partial charge in [-0.15, -0.1) is 0 Å². The van der Waals surface area contributed by atoms with Crippen LogP contribution in [0.3, 0.4) is 0 Å². The number of methoxy groups -OCH3 is 2. The Labute approximate surface area is 117 Å². The molecule has 118 valence electrons. The van der Waals surface area contributed by atoms with Gasteiger partial charge in [-0.2, -0.15) is 0 Å². The van der Waals surface area contributed by atoms with Crippen LogP contribution in [0.15, 0.2) is 0 Å². The molecule has 0 spiro atoms. The molecule has 0 unspecified atom stereocenters. The van der Waals surface area contributed by atoms with E-state index in [1.165, 1.54) is 14.2 Å². The molecule has 0 aromatic rings. The molecule has 3 N–H and O–H groups in total. The Kier molecular flexibility index (Phi) is 6.77. The zero-order valence-corrected chi connectivity index (χ0v) is 11.8. The van der Waals surface area contributed by atoms with Crippen molar-refractivity contribution in [3.63, 3.8) is 0 Å². The Bertz CT molecular complexity index is 318. The molecular weight excluding hydrogens is 273 g/mol. The predicted octanol–water partition coefficient (Wildman–Crippen LogP) is -1.04. The number of rotatable bonds is 6. The Morgan fingerprint density at radius 1 is 1.45 bits per heavy atom. The van der Waals surface area contributed by atoms with Gasteiger partial charge in [0.15, 0.2) is 12.5 Å². The standard InChI is InChI=1S/C12H22FNO6/c1-6-8(14-11(17)7(13)4-5-15)9(16)10(18-2)12(19-3)20-6/h6-10,12,15-16H,4-5H2,1-3H3,(H,14,17)/t6-,7+,8-,9+,10+,12+/m1/s1. The molecule has 7 nitrogen and oxygen atoms in total. The van der Waals surface area contributed by atoms with Crippen LogP contribution in [0.25, 0.3) is 0 Å². The monoisotopic (exact) mass is 295 g/mol. The van der Waals surface area contributed by atoms with Crippen molar-refractivity contribution in [2.45, 2.75) is 50.2 Å². The van der Waals surface area contributed by atoms with Crippen molar-refractivity contribution in [1.29, 1.82) is 0 Å². The molecule has 20 heavy (non-hydrogen) atoms. The van der Waals surface area contributed by atoms with Crippen LogP contribution in [-0.2, 0) is 19.0 Å². The third-order valence-electron chi connectivity index (χ3n) is 3.31. The number of hydrogen-bond donors (Lipinski definition) is 3. The van der Waals surface area contributed by atoms with Gasteiger partial charge < -0.3 is 29.7 Å². The number of aliphatic hydroxyl groups excluding tert-OH is 2. The summed E-state index contributed by atoms with van der Waals surface area (Å²) < 4.78 is 29.0. The van der Waals surface area contributed by atoms with E-state index in [2.05, 4.69) is 5.32 Å². The Morgan fingerprint density at radius 2 is 2.10 bits per heavy atom. The number of ether oxygens (including phenoxy) is 3. The van der Waals surface area contributed by atoms with E-state index in [4.69, 9.17) is 19.3 Å². The summed E-state index contributed by atoms with van der Waals surface area (Å²) in [7, 11) is 2.79. The average Bonchev–Trinajstić information content (AvgIpc) is 2.42. The molecule has 1 heterocycles. The lowest BCUT2D eigenvalue weighted by molar-refractivity contribution is -0.269. The topological polar surface area (TPSA) is 97.3 Å². The zero-order valence-electron chi connectivity index (χ0n) is 11.8. The fourth-order valence-corrected chi connectivity index (χ4v) is 2.16. The number of alkyl halides is 1. The van der Waals surface area contributed by atoms with Gasteiger partial charge >= 0.3 is 0 Å². The van der Waals surface area contributed by atoms with Crippen molar-refractivity contribution < 1.29 is 33.6 Å². The van der Waals surface area contributed by atoms with E-state index < -0.39 is 49.3 Å². The first-order valence-corrected chi connectivity index (χ1v) is 6.40. The molecule has 0 aromatic carbocycles. The van der Waals surface area contributed by atoms with Crippen LogP contribution in [0, 0.1) is 0 Å². The fourth-order valence-electron chi connectivity index (χ4n) is 2.16. The lowest BCUT2D eigenvalue weighted by atomic mass is 9.96. The minimum Gasteiger partial charge on any atom is -0.396 e. The molecule has 0 saturated carbocycles. The smallest absolute Gasteiger partial charge is 0.255 e. The van der Waals surface area contributed by atoms with Crippen molar-refractivity contribution in [1.82, 2.24) is 5.32 Å². The number of carbonyl (C=O) groups excluding carboxylic acids is 1. The number of nitrogens with one attached hydrogen (secondary N) is 1. The molecule has 1 rings (SSSR count). The van der Waals surface area contributed by atoms with Crippen molar-refractivity contribution in [3.8, 4) is 0 Å². The highest BCUT2D eigenvalue weighted by atomic mass is 19.1. The van der Waals surface area contributed by atoms with Crippen LogP contribution in [0.4, 0.5) is 4.39 Å². The van der Waals surface area contributed by atoms with Crippen molar-refractivity contribution in [2.24, 2.45) is 0 Å². The second-order valence-corrected chi connectivity index (χ2v) is 4.65. The van der Waals surface area contributed by atoms with Crippen molar-refractivity contribution >= 4 is 5.91 Å². The van der Waals surface area contributed by atoms with Crippen LogP contribution < -0.4 is 5.32 Å². The minimum atomic E-state index is -1.83. The van der Waals surface area contributed by atoms with Gasteiger partial charge in [0.05, 0.1) is 12.1 Å². The quantitative estimate of drug-likeness (QED) is 0.579. The molecule has 1 amide bonds. The van der Waals surface area contributed by atoms with Gasteiger partial charge in [-0.25, -0.2) is 4.39 Å². The summed E-state index contributed by atoms with van der Waals surface area (Å²) in [6.07, 6.45) is -5.36. The second-order valence-electron chi connectivity index (χ2n) is 4.65. The maximum Gasteiger partial charge on any atom is 0.255 e. The van der Waals surface area contributed by atoms with E-state index in [9.17, 15) is 14.3 Å². The van der Waals surface area contributed by atoms with Crippen molar-refractivity contribution in [2.75, 3.05) is 20.8 Å². The van der Waals surface area contributed by atoms with Gasteiger partial charge in [0, 0.05) is 27.2 Å². The van der Waals surface area contributed by atoms with Crippen LogP contribution in [0.2, 0.25) is 0 Å². The molecule has 6 atom stereocenters. The highest BCUT2D eigenvalue weighted by Gasteiger charge is 2.45. The summed E-state index contributed by atoms with van der Waals surface area (Å²) in [5.41, 5.74) is 0. The molecule has 0 aliphatic carbocycles. The number of amides is 1. The molecular formula is C12H22FNO6. The molecule has 0 bridgehead atoms. The number of carbonyl (C=O) groups is 1. The second kappa shape index (κ2) is 7.84. The molecule has 8 heteroatoms. The Morgan fingerprint density at radius 3 is 2.60 bits per heavy atom. The van der Waals surface area contributed by atoms with Crippen LogP contribution in [0.1, 0.15) is 13.3 Å². The molecule has 1 fully saturated rings. The lowest BCUT2D eigenvalue weighted by Gasteiger charge is -2.42. The van der Waals surface area contributed by atoms with Gasteiger partial charge in [-0.1, -0.05) is 0 Å². The Hall–Kier alpha value is -0.800. The average molecular weight is 295 g/mol. The lowest BCUT2D eigenvalue weighted by Crippen LogP contribution is -2.64. The largest absolute Gasteiger partial charge is 0.396 e. The first-order chi connectivity index (χ1) is 9.46. The maximum absolute atomic E-state index is 13.4. The number of aliphatic hydroxyl groups is 2. The molecule has 1 aliphatic rings. The highest BCUT2D eigenvalue weighted by molar-refractivity contribution is 5.81. The predicted molar refractivity (Wildman–Crippen MR) is 66.7 cm³/mol. The molecule has 1 aliphatic heterocycles. The summed E-state index contributed by atoms with van der Waals surface area (Å²) in [6, 6.07) is -0.823. The zero-order chi connectivity index (χ0) is 15.3. The van der Waals surface area contributed by atoms with E-state index in [1.807, 2.05) is 0 Å². The van der Waals surface area contributed by atoms with Gasteiger partial charge in [-0.05, 0) is 6.92 Å². The molecule has 0 radical (unpaired) electrons. The van der Waals surface area contributed by atoms with Gasteiger partial charge in [0.25, 0.3) is 5.91 Å². The number of hydrogen-bond acceptors (Lipinski definition) is 6. The van der Waals surface area contributed by atoms with E-state index >= 15 is 0 Å². The third-order valence-corrected chi connectivity index (χ3v) is 3.31. The van der Waals surface area contributed by atoms with Crippen LogP contribution in [-0.4, -0.2) is 73.8 Å². The van der Waals surface area contributed by atoms with E-state index in [-0.39, 0.29) is 6.42 Å². The summed E-state index contributed by atoms with van der Waals surface area (Å²) in [4.78, 5) is 11.6. The molecule has 1 saturated heterocycles. The summed E-state index contributed by atoms with van der Waals surface area (Å²) in [5.74, 6) is -0.899. The van der Waals surface area contributed by atoms with Gasteiger partial charge in [-0.3, -0.25) is 4.79 Å². The SMILES string of the molecule is CO[C@H]1O[C@H](C)[C@@H](NC(=O)[C@@H](F)CCO)[C@H](O)[C@@H]1OC. The first-order valence-electron chi connectivity index (χ1n) is 6.40. The first kappa shape index (κ1) is 17.3. The van der Waals surface area contributed by atoms with E-state index in [0.717, 1.165) is 0 Å². The fraction of sp³-hybridized carbons (Fsp3) is 0.917. The van der Waals surface area contributed by atoms with Gasteiger partial charge in [0.2, 0.25) is 0 Å². The highest BCUT2D eigenvalue weighted by Crippen LogP contribution is 2.23. The maximum atomic E-state index is 13.4.